The second-order valence-corrected chi connectivity index (χ2v) is 9.47. The summed E-state index contributed by atoms with van der Waals surface area (Å²) in [6, 6.07) is 12.1. The molecule has 1 aromatic heterocycles. The highest BCUT2D eigenvalue weighted by molar-refractivity contribution is 7.89. The number of carbonyl (C=O) groups is 1. The van der Waals surface area contributed by atoms with Crippen LogP contribution in [0.25, 0.3) is 5.69 Å². The number of halogens is 1. The molecular formula is C20H19ClN4O3S. The summed E-state index contributed by atoms with van der Waals surface area (Å²) < 4.78 is 27.6. The lowest BCUT2D eigenvalue weighted by Crippen LogP contribution is -2.29. The average molecular weight is 431 g/mol. The Morgan fingerprint density at radius 2 is 1.90 bits per heavy atom. The van der Waals surface area contributed by atoms with Crippen LogP contribution in [0, 0.1) is 0 Å². The Kier molecular flexibility index (Phi) is 4.94. The number of fused-ring (bicyclic) bond motifs is 1. The van der Waals surface area contributed by atoms with E-state index in [1.807, 2.05) is 18.2 Å². The lowest BCUT2D eigenvalue weighted by Gasteiger charge is -2.18. The van der Waals surface area contributed by atoms with Gasteiger partial charge in [0.15, 0.2) is 0 Å². The molecule has 4 rings (SSSR count). The van der Waals surface area contributed by atoms with Crippen LogP contribution in [0.15, 0.2) is 59.8 Å². The van der Waals surface area contributed by atoms with Crippen molar-refractivity contribution in [2.75, 3.05) is 25.5 Å². The van der Waals surface area contributed by atoms with Crippen molar-refractivity contribution in [3.05, 3.63) is 71.0 Å². The highest BCUT2D eigenvalue weighted by Crippen LogP contribution is 2.32. The lowest BCUT2D eigenvalue weighted by molar-refractivity contribution is 0.0989. The summed E-state index contributed by atoms with van der Waals surface area (Å²) in [6.45, 7) is 0.483. The van der Waals surface area contributed by atoms with Gasteiger partial charge in [0.1, 0.15) is 0 Å². The van der Waals surface area contributed by atoms with Crippen LogP contribution in [-0.4, -0.2) is 49.1 Å². The minimum absolute atomic E-state index is 0.160. The second-order valence-electron chi connectivity index (χ2n) is 6.91. The van der Waals surface area contributed by atoms with E-state index < -0.39 is 10.0 Å². The number of para-hydroxylation sites is 1. The molecule has 0 aliphatic carbocycles. The second kappa shape index (κ2) is 7.29. The molecule has 0 radical (unpaired) electrons. The Labute approximate surface area is 174 Å². The van der Waals surface area contributed by atoms with Crippen molar-refractivity contribution in [2.45, 2.75) is 11.3 Å². The van der Waals surface area contributed by atoms with Gasteiger partial charge in [-0.1, -0.05) is 29.8 Å². The molecule has 0 atom stereocenters. The topological polar surface area (TPSA) is 75.5 Å². The predicted molar refractivity (Wildman–Crippen MR) is 111 cm³/mol. The fourth-order valence-electron chi connectivity index (χ4n) is 3.30. The molecule has 0 unspecified atom stereocenters. The summed E-state index contributed by atoms with van der Waals surface area (Å²) in [5.74, 6) is -0.235. The van der Waals surface area contributed by atoms with Gasteiger partial charge in [-0.25, -0.2) is 17.4 Å². The van der Waals surface area contributed by atoms with E-state index in [4.69, 9.17) is 11.6 Å². The molecule has 1 aliphatic rings. The number of benzene rings is 2. The van der Waals surface area contributed by atoms with Crippen LogP contribution in [0.1, 0.15) is 15.9 Å². The molecule has 0 saturated carbocycles. The van der Waals surface area contributed by atoms with Crippen molar-refractivity contribution in [3.8, 4) is 5.69 Å². The Balaban J connectivity index is 1.67. The van der Waals surface area contributed by atoms with Gasteiger partial charge < -0.3 is 4.90 Å². The van der Waals surface area contributed by atoms with E-state index in [9.17, 15) is 13.2 Å². The largest absolute Gasteiger partial charge is 0.308 e. The number of rotatable bonds is 4. The van der Waals surface area contributed by atoms with Crippen molar-refractivity contribution >= 4 is 33.2 Å². The Bertz CT molecular complexity index is 1200. The first-order valence-corrected chi connectivity index (χ1v) is 10.8. The zero-order valence-corrected chi connectivity index (χ0v) is 17.5. The van der Waals surface area contributed by atoms with E-state index in [0.29, 0.717) is 34.9 Å². The summed E-state index contributed by atoms with van der Waals surface area (Å²) in [4.78, 5) is 14.9. The Morgan fingerprint density at radius 3 is 2.62 bits per heavy atom. The van der Waals surface area contributed by atoms with E-state index in [2.05, 4.69) is 5.10 Å². The Hall–Kier alpha value is -2.68. The molecule has 1 aliphatic heterocycles. The van der Waals surface area contributed by atoms with Crippen LogP contribution < -0.4 is 4.90 Å². The molecular weight excluding hydrogens is 412 g/mol. The standard InChI is InChI=1S/C20H19ClN4O3S/c1-23(2)29(27,28)16-8-7-14-9-10-24(19(14)11-16)20(26)15-12-22-25(13-15)18-6-4-3-5-17(18)21/h3-8,11-13H,9-10H2,1-2H3. The van der Waals surface area contributed by atoms with Gasteiger partial charge in [0.25, 0.3) is 5.91 Å². The number of hydrogen-bond acceptors (Lipinski definition) is 4. The van der Waals surface area contributed by atoms with Crippen LogP contribution in [0.3, 0.4) is 0 Å². The molecule has 9 heteroatoms. The third-order valence-electron chi connectivity index (χ3n) is 4.90. The molecule has 0 N–H and O–H groups in total. The van der Waals surface area contributed by atoms with E-state index in [0.717, 1.165) is 9.87 Å². The maximum Gasteiger partial charge on any atom is 0.261 e. The first kappa shape index (κ1) is 19.6. The van der Waals surface area contributed by atoms with Gasteiger partial charge in [-0.15, -0.1) is 0 Å². The SMILES string of the molecule is CN(C)S(=O)(=O)c1ccc2c(c1)N(C(=O)c1cnn(-c3ccccc3Cl)c1)CC2. The van der Waals surface area contributed by atoms with Crippen LogP contribution in [0.2, 0.25) is 5.02 Å². The molecule has 1 amide bonds. The van der Waals surface area contributed by atoms with Crippen LogP contribution >= 0.6 is 11.6 Å². The third-order valence-corrected chi connectivity index (χ3v) is 7.04. The minimum Gasteiger partial charge on any atom is -0.308 e. The van der Waals surface area contributed by atoms with Crippen molar-refractivity contribution in [3.63, 3.8) is 0 Å². The van der Waals surface area contributed by atoms with Crippen molar-refractivity contribution in [2.24, 2.45) is 0 Å². The molecule has 2 aromatic carbocycles. The zero-order chi connectivity index (χ0) is 20.8. The van der Waals surface area contributed by atoms with Crippen LogP contribution in [0.5, 0.6) is 0 Å². The summed E-state index contributed by atoms with van der Waals surface area (Å²) in [5, 5.41) is 4.79. The third kappa shape index (κ3) is 3.43. The van der Waals surface area contributed by atoms with Gasteiger partial charge in [-0.05, 0) is 36.2 Å². The van der Waals surface area contributed by atoms with E-state index in [-0.39, 0.29) is 10.8 Å². The van der Waals surface area contributed by atoms with Gasteiger partial charge in [-0.2, -0.15) is 5.10 Å². The summed E-state index contributed by atoms with van der Waals surface area (Å²) in [5.41, 5.74) is 2.63. The van der Waals surface area contributed by atoms with Crippen LogP contribution in [0.4, 0.5) is 5.69 Å². The van der Waals surface area contributed by atoms with E-state index in [1.54, 1.807) is 40.0 Å². The van der Waals surface area contributed by atoms with Crippen molar-refractivity contribution in [1.29, 1.82) is 0 Å². The number of nitrogens with zero attached hydrogens (tertiary/aromatic N) is 4. The van der Waals surface area contributed by atoms with E-state index in [1.165, 1.54) is 20.3 Å². The van der Waals surface area contributed by atoms with Gasteiger partial charge in [0.2, 0.25) is 10.0 Å². The summed E-state index contributed by atoms with van der Waals surface area (Å²) in [6.07, 6.45) is 3.79. The molecule has 0 spiro atoms. The van der Waals surface area contributed by atoms with Gasteiger partial charge in [0.05, 0.1) is 27.4 Å². The number of amides is 1. The summed E-state index contributed by atoms with van der Waals surface area (Å²) >= 11 is 6.21. The zero-order valence-electron chi connectivity index (χ0n) is 15.9. The number of aromatic nitrogens is 2. The molecule has 29 heavy (non-hydrogen) atoms. The van der Waals surface area contributed by atoms with E-state index >= 15 is 0 Å². The fraction of sp³-hybridized carbons (Fsp3) is 0.200. The molecule has 0 saturated heterocycles. The van der Waals surface area contributed by atoms with Gasteiger partial charge in [-0.3, -0.25) is 4.79 Å². The molecule has 150 valence electrons. The highest BCUT2D eigenvalue weighted by atomic mass is 35.5. The first-order chi connectivity index (χ1) is 13.8. The maximum atomic E-state index is 13.1. The molecule has 3 aromatic rings. The monoisotopic (exact) mass is 430 g/mol. The lowest BCUT2D eigenvalue weighted by atomic mass is 10.2. The predicted octanol–water partition coefficient (Wildman–Crippen LogP) is 2.98. The van der Waals surface area contributed by atoms with Crippen LogP contribution in [-0.2, 0) is 16.4 Å². The normalized spacial score (nSPS) is 13.7. The van der Waals surface area contributed by atoms with Gasteiger partial charge in [0, 0.05) is 32.5 Å². The minimum atomic E-state index is -3.58. The fourth-order valence-corrected chi connectivity index (χ4v) is 4.44. The molecule has 0 bridgehead atoms. The smallest absolute Gasteiger partial charge is 0.261 e. The Morgan fingerprint density at radius 1 is 1.14 bits per heavy atom. The number of hydrogen-bond donors (Lipinski definition) is 0. The van der Waals surface area contributed by atoms with Crippen molar-refractivity contribution in [1.82, 2.24) is 14.1 Å². The first-order valence-electron chi connectivity index (χ1n) is 8.96. The van der Waals surface area contributed by atoms with Gasteiger partial charge >= 0.3 is 0 Å². The maximum absolute atomic E-state index is 13.1. The molecule has 0 fully saturated rings. The highest BCUT2D eigenvalue weighted by Gasteiger charge is 2.29. The number of anilines is 1. The quantitative estimate of drug-likeness (QED) is 0.637. The number of carbonyl (C=O) groups excluding carboxylic acids is 1. The average Bonchev–Trinajstić information content (AvgIpc) is 3.34. The number of sulfonamides is 1. The van der Waals surface area contributed by atoms with Crippen molar-refractivity contribution < 1.29 is 13.2 Å². The summed E-state index contributed by atoms with van der Waals surface area (Å²) in [7, 11) is -0.623. The molecule has 7 nitrogen and oxygen atoms in total. The molecule has 2 heterocycles.